The average Bonchev–Trinajstić information content (AvgIpc) is 2.47. The van der Waals surface area contributed by atoms with Gasteiger partial charge in [0.1, 0.15) is 5.41 Å². The molecular formula is C18H29N3O2. The van der Waals surface area contributed by atoms with Crippen LogP contribution < -0.4 is 10.6 Å². The molecule has 0 aliphatic rings. The molecule has 5 nitrogen and oxygen atoms in total. The zero-order valence-corrected chi connectivity index (χ0v) is 15.1. The second kappa shape index (κ2) is 8.11. The molecule has 0 atom stereocenters. The highest BCUT2D eigenvalue weighted by atomic mass is 16.2. The topological polar surface area (TPSA) is 61.4 Å². The molecule has 0 aromatic heterocycles. The molecule has 0 saturated heterocycles. The standard InChI is InChI=1S/C18H29N3O2/c1-13-9-7-10-15(14(13)2)20-17(23)18(3,4)16(22)19-11-8-12-21(5)6/h7,9-10H,8,11-12H2,1-6H3,(H,19,22)(H,20,23). The summed E-state index contributed by atoms with van der Waals surface area (Å²) in [5.41, 5.74) is 1.76. The molecular weight excluding hydrogens is 290 g/mol. The highest BCUT2D eigenvalue weighted by Gasteiger charge is 2.36. The Bertz CT molecular complexity index is 565. The Balaban J connectivity index is 2.65. The number of hydrogen-bond donors (Lipinski definition) is 2. The van der Waals surface area contributed by atoms with Gasteiger partial charge in [0, 0.05) is 12.2 Å². The van der Waals surface area contributed by atoms with Crippen LogP contribution in [0.5, 0.6) is 0 Å². The highest BCUT2D eigenvalue weighted by molar-refractivity contribution is 6.10. The van der Waals surface area contributed by atoms with Crippen molar-refractivity contribution >= 4 is 17.5 Å². The number of aryl methyl sites for hydroxylation is 1. The third kappa shape index (κ3) is 5.36. The van der Waals surface area contributed by atoms with Crippen LogP contribution in [0.1, 0.15) is 31.4 Å². The first kappa shape index (κ1) is 19.2. The number of amides is 2. The molecule has 1 aromatic rings. The predicted molar refractivity (Wildman–Crippen MR) is 94.5 cm³/mol. The molecule has 0 radical (unpaired) electrons. The van der Waals surface area contributed by atoms with E-state index in [2.05, 4.69) is 15.5 Å². The Morgan fingerprint density at radius 2 is 1.78 bits per heavy atom. The summed E-state index contributed by atoms with van der Waals surface area (Å²) in [4.78, 5) is 26.9. The van der Waals surface area contributed by atoms with Gasteiger partial charge in [-0.1, -0.05) is 12.1 Å². The summed E-state index contributed by atoms with van der Waals surface area (Å²) in [7, 11) is 3.98. The summed E-state index contributed by atoms with van der Waals surface area (Å²) < 4.78 is 0. The van der Waals surface area contributed by atoms with Gasteiger partial charge in [-0.3, -0.25) is 9.59 Å². The van der Waals surface area contributed by atoms with Crippen molar-refractivity contribution in [3.05, 3.63) is 29.3 Å². The van der Waals surface area contributed by atoms with Gasteiger partial charge in [0.05, 0.1) is 0 Å². The Morgan fingerprint density at radius 3 is 2.39 bits per heavy atom. The van der Waals surface area contributed by atoms with E-state index in [-0.39, 0.29) is 11.8 Å². The maximum absolute atomic E-state index is 12.5. The fourth-order valence-corrected chi connectivity index (χ4v) is 2.09. The second-order valence-electron chi connectivity index (χ2n) is 6.74. The lowest BCUT2D eigenvalue weighted by Crippen LogP contribution is -2.45. The molecule has 1 aromatic carbocycles. The first-order valence-electron chi connectivity index (χ1n) is 7.97. The van der Waals surface area contributed by atoms with E-state index in [4.69, 9.17) is 0 Å². The molecule has 0 spiro atoms. The molecule has 0 saturated carbocycles. The van der Waals surface area contributed by atoms with Gasteiger partial charge in [-0.25, -0.2) is 0 Å². The number of carbonyl (C=O) groups is 2. The zero-order valence-electron chi connectivity index (χ0n) is 15.1. The largest absolute Gasteiger partial charge is 0.355 e. The lowest BCUT2D eigenvalue weighted by Gasteiger charge is -2.23. The second-order valence-corrected chi connectivity index (χ2v) is 6.74. The van der Waals surface area contributed by atoms with Gasteiger partial charge in [0.25, 0.3) is 0 Å². The number of benzene rings is 1. The van der Waals surface area contributed by atoms with Crippen LogP contribution in [0.4, 0.5) is 5.69 Å². The first-order chi connectivity index (χ1) is 10.7. The lowest BCUT2D eigenvalue weighted by molar-refractivity contribution is -0.138. The minimum absolute atomic E-state index is 0.251. The summed E-state index contributed by atoms with van der Waals surface area (Å²) in [5.74, 6) is -0.546. The third-order valence-corrected chi connectivity index (χ3v) is 4.06. The van der Waals surface area contributed by atoms with Gasteiger partial charge in [0.15, 0.2) is 0 Å². The fourth-order valence-electron chi connectivity index (χ4n) is 2.09. The molecule has 23 heavy (non-hydrogen) atoms. The predicted octanol–water partition coefficient (Wildman–Crippen LogP) is 2.34. The van der Waals surface area contributed by atoms with E-state index in [1.54, 1.807) is 13.8 Å². The summed E-state index contributed by atoms with van der Waals surface area (Å²) >= 11 is 0. The Morgan fingerprint density at radius 1 is 1.13 bits per heavy atom. The molecule has 2 N–H and O–H groups in total. The number of rotatable bonds is 7. The third-order valence-electron chi connectivity index (χ3n) is 4.06. The van der Waals surface area contributed by atoms with Crippen molar-refractivity contribution < 1.29 is 9.59 Å². The molecule has 5 heteroatoms. The molecule has 0 aliphatic carbocycles. The maximum atomic E-state index is 12.5. The number of nitrogens with one attached hydrogen (secondary N) is 2. The van der Waals surface area contributed by atoms with Crippen molar-refractivity contribution in [2.45, 2.75) is 34.1 Å². The van der Waals surface area contributed by atoms with Crippen LogP contribution >= 0.6 is 0 Å². The van der Waals surface area contributed by atoms with Crippen LogP contribution in [-0.4, -0.2) is 43.9 Å². The molecule has 2 amide bonds. The van der Waals surface area contributed by atoms with Crippen LogP contribution in [0.2, 0.25) is 0 Å². The maximum Gasteiger partial charge on any atom is 0.239 e. The van der Waals surface area contributed by atoms with E-state index >= 15 is 0 Å². The lowest BCUT2D eigenvalue weighted by atomic mass is 9.90. The summed E-state index contributed by atoms with van der Waals surface area (Å²) in [5, 5.41) is 5.72. The van der Waals surface area contributed by atoms with E-state index < -0.39 is 5.41 Å². The summed E-state index contributed by atoms with van der Waals surface area (Å²) in [6.45, 7) is 8.71. The van der Waals surface area contributed by atoms with Crippen LogP contribution in [0.25, 0.3) is 0 Å². The van der Waals surface area contributed by atoms with E-state index in [1.165, 1.54) is 0 Å². The SMILES string of the molecule is Cc1cccc(NC(=O)C(C)(C)C(=O)NCCCN(C)C)c1C. The van der Waals surface area contributed by atoms with Crippen LogP contribution in [0.3, 0.4) is 0 Å². The Kier molecular flexibility index (Phi) is 6.76. The molecule has 0 bridgehead atoms. The van der Waals surface area contributed by atoms with Gasteiger partial charge < -0.3 is 15.5 Å². The van der Waals surface area contributed by atoms with Crippen molar-refractivity contribution in [3.8, 4) is 0 Å². The molecule has 0 fully saturated rings. The number of hydrogen-bond acceptors (Lipinski definition) is 3. The molecule has 128 valence electrons. The molecule has 0 heterocycles. The van der Waals surface area contributed by atoms with Crippen molar-refractivity contribution in [2.24, 2.45) is 5.41 Å². The minimum atomic E-state index is -1.12. The van der Waals surface area contributed by atoms with E-state index in [1.807, 2.05) is 46.1 Å². The summed E-state index contributed by atoms with van der Waals surface area (Å²) in [6.07, 6.45) is 0.855. The first-order valence-corrected chi connectivity index (χ1v) is 7.97. The molecule has 0 unspecified atom stereocenters. The van der Waals surface area contributed by atoms with Gasteiger partial charge in [-0.15, -0.1) is 0 Å². The minimum Gasteiger partial charge on any atom is -0.355 e. The van der Waals surface area contributed by atoms with Gasteiger partial charge in [-0.05, 0) is 71.9 Å². The van der Waals surface area contributed by atoms with Crippen molar-refractivity contribution in [2.75, 3.05) is 32.5 Å². The average molecular weight is 319 g/mol. The van der Waals surface area contributed by atoms with Gasteiger partial charge in [-0.2, -0.15) is 0 Å². The van der Waals surface area contributed by atoms with E-state index in [0.29, 0.717) is 6.54 Å². The van der Waals surface area contributed by atoms with E-state index in [0.717, 1.165) is 29.8 Å². The fraction of sp³-hybridized carbons (Fsp3) is 0.556. The molecule has 1 rings (SSSR count). The molecule has 0 aliphatic heterocycles. The summed E-state index contributed by atoms with van der Waals surface area (Å²) in [6, 6.07) is 5.74. The Hall–Kier alpha value is -1.88. The highest BCUT2D eigenvalue weighted by Crippen LogP contribution is 2.22. The van der Waals surface area contributed by atoms with E-state index in [9.17, 15) is 9.59 Å². The number of carbonyl (C=O) groups excluding carboxylic acids is 2. The quantitative estimate of drug-likeness (QED) is 0.599. The van der Waals surface area contributed by atoms with Gasteiger partial charge in [0.2, 0.25) is 11.8 Å². The smallest absolute Gasteiger partial charge is 0.239 e. The van der Waals surface area contributed by atoms with Crippen LogP contribution in [0, 0.1) is 19.3 Å². The Labute approximate surface area is 139 Å². The normalized spacial score (nSPS) is 11.4. The van der Waals surface area contributed by atoms with Crippen LogP contribution in [-0.2, 0) is 9.59 Å². The number of nitrogens with zero attached hydrogens (tertiary/aromatic N) is 1. The monoisotopic (exact) mass is 319 g/mol. The van der Waals surface area contributed by atoms with Crippen molar-refractivity contribution in [1.82, 2.24) is 10.2 Å². The van der Waals surface area contributed by atoms with Crippen molar-refractivity contribution in [1.29, 1.82) is 0 Å². The zero-order chi connectivity index (χ0) is 17.6. The van der Waals surface area contributed by atoms with Crippen LogP contribution in [0.15, 0.2) is 18.2 Å². The van der Waals surface area contributed by atoms with Gasteiger partial charge >= 0.3 is 0 Å². The number of anilines is 1. The van der Waals surface area contributed by atoms with Crippen molar-refractivity contribution in [3.63, 3.8) is 0 Å².